The molecule has 1 rings (SSSR count). The maximum absolute atomic E-state index is 12.9. The van der Waals surface area contributed by atoms with Gasteiger partial charge in [-0.25, -0.2) is 4.39 Å². The zero-order chi connectivity index (χ0) is 12.3. The van der Waals surface area contributed by atoms with Gasteiger partial charge in [0, 0.05) is 5.56 Å². The van der Waals surface area contributed by atoms with Crippen LogP contribution in [0.1, 0.15) is 17.9 Å². The smallest absolute Gasteiger partial charge is 0.387 e. The Morgan fingerprint density at radius 1 is 1.44 bits per heavy atom. The molecule has 0 heterocycles. The predicted octanol–water partition coefficient (Wildman–Crippen LogP) is 3.30. The van der Waals surface area contributed by atoms with E-state index in [0.29, 0.717) is 0 Å². The number of ether oxygens (including phenoxy) is 1. The lowest BCUT2D eigenvalue weighted by molar-refractivity contribution is -0.116. The van der Waals surface area contributed by atoms with Gasteiger partial charge in [-0.05, 0) is 25.1 Å². The molecule has 16 heavy (non-hydrogen) atoms. The number of carbonyl (C=O) groups excluding carboxylic acids is 1. The summed E-state index contributed by atoms with van der Waals surface area (Å²) >= 11 is 5.66. The third-order valence-corrected chi connectivity index (χ3v) is 2.36. The highest BCUT2D eigenvalue weighted by molar-refractivity contribution is 6.31. The summed E-state index contributed by atoms with van der Waals surface area (Å²) in [6, 6.07) is 2.86. The van der Waals surface area contributed by atoms with Gasteiger partial charge < -0.3 is 4.74 Å². The molecule has 1 atom stereocenters. The molecular formula is C10H8ClF3O2. The fraction of sp³-hybridized carbons (Fsp3) is 0.300. The second kappa shape index (κ2) is 5.21. The predicted molar refractivity (Wildman–Crippen MR) is 52.3 cm³/mol. The molecule has 0 radical (unpaired) electrons. The van der Waals surface area contributed by atoms with Gasteiger partial charge in [0.1, 0.15) is 16.9 Å². The number of carbonyl (C=O) groups is 1. The molecule has 0 fully saturated rings. The lowest BCUT2D eigenvalue weighted by Crippen LogP contribution is -2.09. The van der Waals surface area contributed by atoms with Gasteiger partial charge in [-0.2, -0.15) is 8.78 Å². The van der Waals surface area contributed by atoms with Crippen molar-refractivity contribution < 1.29 is 22.7 Å². The van der Waals surface area contributed by atoms with Gasteiger partial charge >= 0.3 is 6.61 Å². The number of halogens is 4. The molecule has 1 aromatic carbocycles. The number of hydrogen-bond acceptors (Lipinski definition) is 2. The molecule has 0 aliphatic heterocycles. The van der Waals surface area contributed by atoms with Crippen LogP contribution in [-0.2, 0) is 4.79 Å². The summed E-state index contributed by atoms with van der Waals surface area (Å²) < 4.78 is 41.1. The molecule has 88 valence electrons. The van der Waals surface area contributed by atoms with Crippen molar-refractivity contribution in [2.45, 2.75) is 18.9 Å². The van der Waals surface area contributed by atoms with E-state index in [1.165, 1.54) is 6.92 Å². The summed E-state index contributed by atoms with van der Waals surface area (Å²) in [6.07, 6.45) is 0. The van der Waals surface area contributed by atoms with E-state index >= 15 is 0 Å². The Hall–Kier alpha value is -1.23. The van der Waals surface area contributed by atoms with E-state index in [1.54, 1.807) is 0 Å². The van der Waals surface area contributed by atoms with E-state index in [0.717, 1.165) is 18.2 Å². The molecule has 0 aliphatic carbocycles. The fourth-order valence-electron chi connectivity index (χ4n) is 1.14. The molecule has 2 nitrogen and oxygen atoms in total. The minimum absolute atomic E-state index is 0.102. The van der Waals surface area contributed by atoms with Crippen molar-refractivity contribution in [2.24, 2.45) is 0 Å². The van der Waals surface area contributed by atoms with Gasteiger partial charge in [0.05, 0.1) is 0 Å². The molecule has 0 saturated carbocycles. The summed E-state index contributed by atoms with van der Waals surface area (Å²) in [5, 5.41) is -1.20. The van der Waals surface area contributed by atoms with Crippen molar-refractivity contribution in [3.8, 4) is 5.75 Å². The lowest BCUT2D eigenvalue weighted by atomic mass is 10.1. The molecule has 0 bridgehead atoms. The van der Waals surface area contributed by atoms with E-state index < -0.39 is 23.6 Å². The summed E-state index contributed by atoms with van der Waals surface area (Å²) in [5.74, 6) is -1.46. The minimum atomic E-state index is -3.06. The van der Waals surface area contributed by atoms with Crippen molar-refractivity contribution in [3.63, 3.8) is 0 Å². The summed E-state index contributed by atoms with van der Waals surface area (Å²) in [5.41, 5.74) is -0.102. The highest BCUT2D eigenvalue weighted by Gasteiger charge is 2.20. The molecule has 0 aromatic heterocycles. The first-order valence-corrected chi connectivity index (χ1v) is 4.74. The number of benzene rings is 1. The zero-order valence-corrected chi connectivity index (χ0v) is 8.97. The fourth-order valence-corrected chi connectivity index (χ4v) is 1.31. The maximum Gasteiger partial charge on any atom is 0.387 e. The van der Waals surface area contributed by atoms with Crippen molar-refractivity contribution in [3.05, 3.63) is 29.6 Å². The molecule has 0 saturated heterocycles. The van der Waals surface area contributed by atoms with Crippen LogP contribution < -0.4 is 4.74 Å². The lowest BCUT2D eigenvalue weighted by Gasteiger charge is -2.13. The average molecular weight is 253 g/mol. The average Bonchev–Trinajstić information content (AvgIpc) is 2.18. The first-order chi connectivity index (χ1) is 7.41. The number of rotatable bonds is 4. The highest BCUT2D eigenvalue weighted by atomic mass is 35.5. The molecule has 6 heteroatoms. The third-order valence-electron chi connectivity index (χ3n) is 1.82. The van der Waals surface area contributed by atoms with Gasteiger partial charge in [-0.15, -0.1) is 11.6 Å². The molecule has 1 unspecified atom stereocenters. The Labute approximate surface area is 95.0 Å². The van der Waals surface area contributed by atoms with E-state index in [2.05, 4.69) is 4.74 Å². The molecule has 0 spiro atoms. The van der Waals surface area contributed by atoms with Crippen LogP contribution in [0.3, 0.4) is 0 Å². The van der Waals surface area contributed by atoms with Gasteiger partial charge in [0.2, 0.25) is 0 Å². The standard InChI is InChI=1S/C10H8ClF3O2/c1-5(15)9(11)7-4-6(12)2-3-8(7)16-10(13)14/h2-4,9-10H,1H3. The van der Waals surface area contributed by atoms with Gasteiger partial charge in [0.15, 0.2) is 5.78 Å². The number of ketones is 1. The summed E-state index contributed by atoms with van der Waals surface area (Å²) in [4.78, 5) is 11.0. The maximum atomic E-state index is 12.9. The van der Waals surface area contributed by atoms with Gasteiger partial charge in [-0.1, -0.05) is 0 Å². The summed E-state index contributed by atoms with van der Waals surface area (Å²) in [6.45, 7) is -1.88. The quantitative estimate of drug-likeness (QED) is 0.769. The second-order valence-electron chi connectivity index (χ2n) is 3.03. The molecule has 0 N–H and O–H groups in total. The second-order valence-corrected chi connectivity index (χ2v) is 3.47. The van der Waals surface area contributed by atoms with Crippen LogP contribution in [0.25, 0.3) is 0 Å². The Balaban J connectivity index is 3.12. The van der Waals surface area contributed by atoms with Crippen LogP contribution in [-0.4, -0.2) is 12.4 Å². The Morgan fingerprint density at radius 2 is 2.06 bits per heavy atom. The number of hydrogen-bond donors (Lipinski definition) is 0. The van der Waals surface area contributed by atoms with Crippen molar-refractivity contribution in [2.75, 3.05) is 0 Å². The Bertz CT molecular complexity index is 396. The first kappa shape index (κ1) is 12.8. The Kier molecular flexibility index (Phi) is 4.18. The molecular weight excluding hydrogens is 245 g/mol. The van der Waals surface area contributed by atoms with Crippen molar-refractivity contribution >= 4 is 17.4 Å². The van der Waals surface area contributed by atoms with Crippen LogP contribution in [0.5, 0.6) is 5.75 Å². The van der Waals surface area contributed by atoms with Crippen LogP contribution in [0, 0.1) is 5.82 Å². The minimum Gasteiger partial charge on any atom is -0.434 e. The van der Waals surface area contributed by atoms with Crippen LogP contribution in [0.2, 0.25) is 0 Å². The SMILES string of the molecule is CC(=O)C(Cl)c1cc(F)ccc1OC(F)F. The van der Waals surface area contributed by atoms with E-state index in [1.807, 2.05) is 0 Å². The molecule has 0 amide bonds. The van der Waals surface area contributed by atoms with Gasteiger partial charge in [0.25, 0.3) is 0 Å². The van der Waals surface area contributed by atoms with Crippen molar-refractivity contribution in [1.29, 1.82) is 0 Å². The zero-order valence-electron chi connectivity index (χ0n) is 8.22. The normalized spacial score (nSPS) is 12.6. The topological polar surface area (TPSA) is 26.3 Å². The Morgan fingerprint density at radius 3 is 2.56 bits per heavy atom. The van der Waals surface area contributed by atoms with Crippen LogP contribution in [0.4, 0.5) is 13.2 Å². The van der Waals surface area contributed by atoms with E-state index in [9.17, 15) is 18.0 Å². The van der Waals surface area contributed by atoms with Crippen LogP contribution in [0.15, 0.2) is 18.2 Å². The summed E-state index contributed by atoms with van der Waals surface area (Å²) in [7, 11) is 0. The van der Waals surface area contributed by atoms with Crippen molar-refractivity contribution in [1.82, 2.24) is 0 Å². The number of Topliss-reactive ketones (excluding diaryl/α,β-unsaturated/α-hetero) is 1. The largest absolute Gasteiger partial charge is 0.434 e. The van der Waals surface area contributed by atoms with Crippen LogP contribution >= 0.6 is 11.6 Å². The molecule has 1 aromatic rings. The van der Waals surface area contributed by atoms with E-state index in [-0.39, 0.29) is 11.3 Å². The van der Waals surface area contributed by atoms with Gasteiger partial charge in [-0.3, -0.25) is 4.79 Å². The first-order valence-electron chi connectivity index (χ1n) is 4.30. The third kappa shape index (κ3) is 3.13. The monoisotopic (exact) mass is 252 g/mol. The highest BCUT2D eigenvalue weighted by Crippen LogP contribution is 2.32. The number of alkyl halides is 3. The van der Waals surface area contributed by atoms with E-state index in [4.69, 9.17) is 11.6 Å². The molecule has 0 aliphatic rings.